The molecule has 0 saturated carbocycles. The van der Waals surface area contributed by atoms with Crippen molar-refractivity contribution in [2.24, 2.45) is 0 Å². The molecule has 0 spiro atoms. The Hall–Kier alpha value is -1.85. The van der Waals surface area contributed by atoms with E-state index in [0.717, 1.165) is 4.35 Å². The minimum absolute atomic E-state index is 0.191. The van der Waals surface area contributed by atoms with Crippen LogP contribution in [0, 0.1) is 11.3 Å². The summed E-state index contributed by atoms with van der Waals surface area (Å²) in [4.78, 5) is 21.6. The molecule has 0 aliphatic heterocycles. The summed E-state index contributed by atoms with van der Waals surface area (Å²) in [7, 11) is 0. The van der Waals surface area contributed by atoms with E-state index in [1.165, 1.54) is 6.08 Å². The van der Waals surface area contributed by atoms with E-state index in [2.05, 4.69) is 0 Å². The van der Waals surface area contributed by atoms with Gasteiger partial charge in [0.2, 0.25) is 0 Å². The fourth-order valence-corrected chi connectivity index (χ4v) is 2.73. The van der Waals surface area contributed by atoms with Gasteiger partial charge in [-0.25, -0.2) is 0 Å². The van der Waals surface area contributed by atoms with Crippen LogP contribution in [0.15, 0.2) is 29.8 Å². The van der Waals surface area contributed by atoms with Crippen molar-refractivity contribution in [3.8, 4) is 6.07 Å². The zero-order chi connectivity index (χ0) is 12.8. The molecule has 0 aliphatic rings. The van der Waals surface area contributed by atoms with Crippen LogP contribution in [0.4, 0.5) is 0 Å². The number of carbonyl (C=O) groups is 2. The van der Waals surface area contributed by atoms with E-state index >= 15 is 0 Å². The van der Waals surface area contributed by atoms with E-state index in [1.807, 2.05) is 0 Å². The third-order valence-electron chi connectivity index (χ3n) is 1.89. The van der Waals surface area contributed by atoms with Gasteiger partial charge < -0.3 is 0 Å². The number of nitrogens with zero attached hydrogens (tertiary/aromatic N) is 1. The standard InChI is InChI=1S/C12H10AsNO3/c1-8(15)13-11-4-2-9(3-5-11)6-10(7-14)12(16)17/h2-6,13H,1H3,(H,16,17)/b10-6-. The summed E-state index contributed by atoms with van der Waals surface area (Å²) in [6.45, 7) is 1.56. The van der Waals surface area contributed by atoms with Gasteiger partial charge in [0.1, 0.15) is 0 Å². The molecule has 0 fully saturated rings. The number of nitriles is 1. The number of rotatable bonds is 4. The molecule has 1 unspecified atom stereocenters. The van der Waals surface area contributed by atoms with Gasteiger partial charge >= 0.3 is 105 Å². The van der Waals surface area contributed by atoms with Gasteiger partial charge in [0.15, 0.2) is 0 Å². The van der Waals surface area contributed by atoms with E-state index in [1.54, 1.807) is 37.3 Å². The summed E-state index contributed by atoms with van der Waals surface area (Å²) in [6, 6.07) is 8.62. The van der Waals surface area contributed by atoms with Crippen LogP contribution in [0.5, 0.6) is 0 Å². The van der Waals surface area contributed by atoms with Crippen LogP contribution in [0.3, 0.4) is 0 Å². The van der Waals surface area contributed by atoms with Crippen LogP contribution in [-0.4, -0.2) is 31.4 Å². The van der Waals surface area contributed by atoms with Crippen molar-refractivity contribution in [2.45, 2.75) is 6.92 Å². The van der Waals surface area contributed by atoms with E-state index in [4.69, 9.17) is 10.4 Å². The maximum atomic E-state index is 10.9. The SMILES string of the molecule is CC(=O)[AsH]c1ccc(/C=C(/C#N)C(=O)O)cc1. The van der Waals surface area contributed by atoms with Crippen LogP contribution >= 0.6 is 0 Å². The number of benzene rings is 1. The number of carboxylic acid groups (broad SMARTS) is 1. The number of aliphatic carboxylic acids is 1. The summed E-state index contributed by atoms with van der Waals surface area (Å²) in [6.07, 6.45) is 1.31. The molecule has 5 heteroatoms. The first kappa shape index (κ1) is 13.2. The molecule has 0 aromatic heterocycles. The van der Waals surface area contributed by atoms with Crippen molar-refractivity contribution < 1.29 is 14.7 Å². The molecule has 0 heterocycles. The summed E-state index contributed by atoms with van der Waals surface area (Å²) >= 11 is -0.758. The first-order valence-corrected chi connectivity index (χ1v) is 6.85. The van der Waals surface area contributed by atoms with Crippen molar-refractivity contribution in [1.29, 1.82) is 5.26 Å². The normalized spacial score (nSPS) is 11.4. The van der Waals surface area contributed by atoms with Gasteiger partial charge in [-0.15, -0.1) is 0 Å². The molecule has 4 nitrogen and oxygen atoms in total. The zero-order valence-corrected chi connectivity index (χ0v) is 11.2. The summed E-state index contributed by atoms with van der Waals surface area (Å²) in [5, 5.41) is 17.3. The topological polar surface area (TPSA) is 78.2 Å². The van der Waals surface area contributed by atoms with Crippen LogP contribution in [-0.2, 0) is 9.59 Å². The van der Waals surface area contributed by atoms with Gasteiger partial charge in [0.05, 0.1) is 0 Å². The van der Waals surface area contributed by atoms with Crippen molar-refractivity contribution in [3.05, 3.63) is 35.4 Å². The average molecular weight is 291 g/mol. The quantitative estimate of drug-likeness (QED) is 0.491. The predicted octanol–water partition coefficient (Wildman–Crippen LogP) is 0.286. The Morgan fingerprint density at radius 1 is 1.35 bits per heavy atom. The van der Waals surface area contributed by atoms with Gasteiger partial charge in [-0.1, -0.05) is 0 Å². The van der Waals surface area contributed by atoms with Gasteiger partial charge in [0.25, 0.3) is 0 Å². The monoisotopic (exact) mass is 291 g/mol. The van der Waals surface area contributed by atoms with E-state index in [-0.39, 0.29) is 10.1 Å². The molecular formula is C12H10AsNO3. The Kier molecular flexibility index (Phi) is 4.68. The molecule has 0 amide bonds. The maximum absolute atomic E-state index is 10.9. The molecule has 1 N–H and O–H groups in total. The van der Waals surface area contributed by atoms with Gasteiger partial charge in [-0.05, 0) is 0 Å². The fraction of sp³-hybridized carbons (Fsp3) is 0.0833. The molecule has 0 aliphatic carbocycles. The zero-order valence-electron chi connectivity index (χ0n) is 9.10. The molecular weight excluding hydrogens is 281 g/mol. The molecule has 1 rings (SSSR count). The fourth-order valence-electron chi connectivity index (χ4n) is 1.17. The Bertz CT molecular complexity index is 512. The van der Waals surface area contributed by atoms with E-state index < -0.39 is 21.7 Å². The second kappa shape index (κ2) is 6.03. The van der Waals surface area contributed by atoms with Crippen molar-refractivity contribution in [1.82, 2.24) is 0 Å². The predicted molar refractivity (Wildman–Crippen MR) is 65.1 cm³/mol. The molecule has 86 valence electrons. The Balaban J connectivity index is 2.92. The molecule has 1 aromatic rings. The minimum atomic E-state index is -1.24. The first-order valence-electron chi connectivity index (χ1n) is 4.75. The Morgan fingerprint density at radius 2 is 1.94 bits per heavy atom. The molecule has 0 saturated heterocycles. The third kappa shape index (κ3) is 4.26. The molecule has 0 radical (unpaired) electrons. The summed E-state index contributed by atoms with van der Waals surface area (Å²) in [5.74, 6) is -1.24. The van der Waals surface area contributed by atoms with Gasteiger partial charge in [0, 0.05) is 0 Å². The molecule has 1 atom stereocenters. The van der Waals surface area contributed by atoms with Crippen LogP contribution in [0.25, 0.3) is 6.08 Å². The molecule has 1 aromatic carbocycles. The average Bonchev–Trinajstić information content (AvgIpc) is 2.26. The van der Waals surface area contributed by atoms with Crippen molar-refractivity contribution >= 4 is 36.7 Å². The number of hydrogen-bond acceptors (Lipinski definition) is 3. The first-order chi connectivity index (χ1) is 8.02. The second-order valence-corrected chi connectivity index (χ2v) is 6.49. The third-order valence-corrected chi connectivity index (χ3v) is 3.94. The van der Waals surface area contributed by atoms with Crippen molar-refractivity contribution in [2.75, 3.05) is 0 Å². The summed E-state index contributed by atoms with van der Waals surface area (Å²) < 4.78 is 1.18. The van der Waals surface area contributed by atoms with Crippen LogP contribution in [0.1, 0.15) is 12.5 Å². The van der Waals surface area contributed by atoms with Crippen molar-refractivity contribution in [3.63, 3.8) is 0 Å². The Labute approximate surface area is 105 Å². The number of carboxylic acids is 1. The van der Waals surface area contributed by atoms with Crippen LogP contribution in [0.2, 0.25) is 0 Å². The second-order valence-electron chi connectivity index (χ2n) is 3.28. The van der Waals surface area contributed by atoms with Crippen LogP contribution < -0.4 is 4.35 Å². The van der Waals surface area contributed by atoms with E-state index in [9.17, 15) is 9.59 Å². The Morgan fingerprint density at radius 3 is 2.35 bits per heavy atom. The number of hydrogen-bond donors (Lipinski definition) is 1. The van der Waals surface area contributed by atoms with E-state index in [0.29, 0.717) is 5.56 Å². The van der Waals surface area contributed by atoms with Gasteiger partial charge in [-0.2, -0.15) is 0 Å². The summed E-state index contributed by atoms with van der Waals surface area (Å²) in [5.41, 5.74) is 0.336. The van der Waals surface area contributed by atoms with Gasteiger partial charge in [-0.3, -0.25) is 0 Å². The number of carbonyl (C=O) groups excluding carboxylic acids is 1. The molecule has 17 heavy (non-hydrogen) atoms. The molecule has 0 bridgehead atoms.